The Hall–Kier alpha value is -4.04. The van der Waals surface area contributed by atoms with Gasteiger partial charge in [0.1, 0.15) is 11.5 Å². The molecule has 0 unspecified atom stereocenters. The number of nitrogens with zero attached hydrogens (tertiary/aromatic N) is 2. The van der Waals surface area contributed by atoms with E-state index in [1.54, 1.807) is 18.2 Å². The van der Waals surface area contributed by atoms with Gasteiger partial charge in [-0.3, -0.25) is 24.6 Å². The van der Waals surface area contributed by atoms with Crippen molar-refractivity contribution in [2.75, 3.05) is 10.7 Å². The third-order valence-corrected chi connectivity index (χ3v) is 5.77. The number of hydrogen-bond donors (Lipinski definition) is 1. The average Bonchev–Trinajstić information content (AvgIpc) is 3.14. The largest absolute Gasteiger partial charge is 0.295 e. The number of rotatable bonds is 6. The molecule has 0 saturated carbocycles. The Kier molecular flexibility index (Phi) is 7.29. The lowest BCUT2D eigenvalue weighted by Crippen LogP contribution is -2.35. The predicted octanol–water partition coefficient (Wildman–Crippen LogP) is 4.19. The van der Waals surface area contributed by atoms with Crippen LogP contribution < -0.4 is 10.2 Å². The zero-order valence-electron chi connectivity index (χ0n) is 18.0. The quantitative estimate of drug-likeness (QED) is 0.545. The van der Waals surface area contributed by atoms with Crippen molar-refractivity contribution in [2.24, 2.45) is 4.99 Å². The molecule has 3 aromatic rings. The highest BCUT2D eigenvalue weighted by atomic mass is 32.2. The molecule has 8 heteroatoms. The van der Waals surface area contributed by atoms with Gasteiger partial charge in [-0.2, -0.15) is 0 Å². The minimum atomic E-state index is -0.499. The first-order valence-corrected chi connectivity index (χ1v) is 11.4. The van der Waals surface area contributed by atoms with Crippen molar-refractivity contribution in [3.8, 4) is 0 Å². The van der Waals surface area contributed by atoms with E-state index < -0.39 is 23.5 Å². The first-order chi connectivity index (χ1) is 16.5. The van der Waals surface area contributed by atoms with E-state index in [1.165, 1.54) is 29.2 Å². The molecule has 1 aliphatic rings. The number of anilines is 1. The minimum Gasteiger partial charge on any atom is -0.295 e. The molecule has 1 aliphatic heterocycles. The highest BCUT2D eigenvalue weighted by molar-refractivity contribution is 8.14. The molecule has 1 N–H and O–H groups in total. The van der Waals surface area contributed by atoms with Crippen molar-refractivity contribution < 1.29 is 18.8 Å². The van der Waals surface area contributed by atoms with Crippen molar-refractivity contribution in [1.29, 1.82) is 0 Å². The molecule has 170 valence electrons. The van der Waals surface area contributed by atoms with Crippen LogP contribution in [0.25, 0.3) is 6.08 Å². The molecule has 0 spiro atoms. The fourth-order valence-corrected chi connectivity index (χ4v) is 4.08. The second-order valence-electron chi connectivity index (χ2n) is 7.37. The number of carbonyl (C=O) groups is 3. The second-order valence-corrected chi connectivity index (χ2v) is 8.32. The number of carbonyl (C=O) groups excluding carboxylic acids is 3. The SMILES string of the molecule is O=C(CSC1=N/C(=C/c2ccccc2)C(=O)N1c1ccc(F)cc1)NC(=O)Cc1ccccc1. The van der Waals surface area contributed by atoms with E-state index in [4.69, 9.17) is 0 Å². The Morgan fingerprint density at radius 2 is 1.56 bits per heavy atom. The van der Waals surface area contributed by atoms with Gasteiger partial charge in [-0.1, -0.05) is 72.4 Å². The Morgan fingerprint density at radius 3 is 2.24 bits per heavy atom. The van der Waals surface area contributed by atoms with Gasteiger partial charge in [0.25, 0.3) is 5.91 Å². The Labute approximate surface area is 200 Å². The molecule has 3 amide bonds. The van der Waals surface area contributed by atoms with Crippen LogP contribution >= 0.6 is 11.8 Å². The molecule has 0 fully saturated rings. The molecule has 0 atom stereocenters. The number of halogens is 1. The van der Waals surface area contributed by atoms with Crippen LogP contribution in [0, 0.1) is 5.82 Å². The smallest absolute Gasteiger partial charge is 0.283 e. The van der Waals surface area contributed by atoms with Crippen LogP contribution in [0.3, 0.4) is 0 Å². The van der Waals surface area contributed by atoms with E-state index in [-0.39, 0.29) is 23.0 Å². The van der Waals surface area contributed by atoms with Gasteiger partial charge >= 0.3 is 0 Å². The Bertz CT molecular complexity index is 1260. The van der Waals surface area contributed by atoms with Crippen LogP contribution in [0.1, 0.15) is 11.1 Å². The van der Waals surface area contributed by atoms with Crippen LogP contribution in [0.5, 0.6) is 0 Å². The number of benzene rings is 3. The highest BCUT2D eigenvalue weighted by Crippen LogP contribution is 2.29. The molecule has 0 aliphatic carbocycles. The molecular formula is C26H20FN3O3S. The van der Waals surface area contributed by atoms with Crippen LogP contribution in [0.15, 0.2) is 95.6 Å². The predicted molar refractivity (Wildman–Crippen MR) is 131 cm³/mol. The molecule has 34 heavy (non-hydrogen) atoms. The fraction of sp³-hybridized carbons (Fsp3) is 0.0769. The van der Waals surface area contributed by atoms with Gasteiger partial charge in [-0.25, -0.2) is 9.38 Å². The normalized spacial score (nSPS) is 14.3. The summed E-state index contributed by atoms with van der Waals surface area (Å²) in [6.07, 6.45) is 1.73. The summed E-state index contributed by atoms with van der Waals surface area (Å²) in [6.45, 7) is 0. The average molecular weight is 474 g/mol. The van der Waals surface area contributed by atoms with E-state index in [0.717, 1.165) is 22.9 Å². The molecule has 0 aromatic heterocycles. The number of aliphatic imine (C=N–C) groups is 1. The van der Waals surface area contributed by atoms with Gasteiger partial charge in [0.15, 0.2) is 5.17 Å². The van der Waals surface area contributed by atoms with Crippen LogP contribution in [0.4, 0.5) is 10.1 Å². The Balaban J connectivity index is 1.48. The van der Waals surface area contributed by atoms with Gasteiger partial charge < -0.3 is 0 Å². The van der Waals surface area contributed by atoms with Gasteiger partial charge in [-0.05, 0) is 41.5 Å². The lowest BCUT2D eigenvalue weighted by molar-refractivity contribution is -0.128. The molecule has 0 saturated heterocycles. The van der Waals surface area contributed by atoms with Crippen LogP contribution in [-0.2, 0) is 20.8 Å². The number of amides is 3. The van der Waals surface area contributed by atoms with E-state index in [9.17, 15) is 18.8 Å². The summed E-state index contributed by atoms with van der Waals surface area (Å²) in [5.74, 6) is -1.86. The van der Waals surface area contributed by atoms with Crippen molar-refractivity contribution in [1.82, 2.24) is 5.32 Å². The van der Waals surface area contributed by atoms with E-state index in [1.807, 2.05) is 48.5 Å². The zero-order chi connectivity index (χ0) is 23.9. The van der Waals surface area contributed by atoms with Crippen molar-refractivity contribution in [2.45, 2.75) is 6.42 Å². The number of thioether (sulfide) groups is 1. The fourth-order valence-electron chi connectivity index (χ4n) is 3.27. The lowest BCUT2D eigenvalue weighted by atomic mass is 10.1. The maximum atomic E-state index is 13.4. The minimum absolute atomic E-state index is 0.0857. The lowest BCUT2D eigenvalue weighted by Gasteiger charge is -2.17. The van der Waals surface area contributed by atoms with Crippen molar-refractivity contribution in [3.05, 3.63) is 108 Å². The highest BCUT2D eigenvalue weighted by Gasteiger charge is 2.32. The zero-order valence-corrected chi connectivity index (χ0v) is 18.8. The van der Waals surface area contributed by atoms with Gasteiger partial charge in [0.2, 0.25) is 11.8 Å². The maximum Gasteiger partial charge on any atom is 0.283 e. The van der Waals surface area contributed by atoms with E-state index in [2.05, 4.69) is 10.3 Å². The summed E-state index contributed by atoms with van der Waals surface area (Å²) in [5, 5.41) is 2.62. The summed E-state index contributed by atoms with van der Waals surface area (Å²) >= 11 is 1.02. The van der Waals surface area contributed by atoms with E-state index >= 15 is 0 Å². The Morgan fingerprint density at radius 1 is 0.912 bits per heavy atom. The number of hydrogen-bond acceptors (Lipinski definition) is 5. The summed E-state index contributed by atoms with van der Waals surface area (Å²) in [6, 6.07) is 23.8. The van der Waals surface area contributed by atoms with Gasteiger partial charge in [-0.15, -0.1) is 0 Å². The first kappa shape index (κ1) is 23.1. The van der Waals surface area contributed by atoms with Crippen molar-refractivity contribution in [3.63, 3.8) is 0 Å². The summed E-state index contributed by atoms with van der Waals surface area (Å²) < 4.78 is 13.4. The molecule has 0 radical (unpaired) electrons. The summed E-state index contributed by atoms with van der Waals surface area (Å²) in [4.78, 5) is 43.4. The third kappa shape index (κ3) is 5.85. The topological polar surface area (TPSA) is 78.8 Å². The molecule has 4 rings (SSSR count). The van der Waals surface area contributed by atoms with Crippen molar-refractivity contribution >= 4 is 46.4 Å². The summed E-state index contributed by atoms with van der Waals surface area (Å²) in [5.41, 5.74) is 2.21. The molecule has 0 bridgehead atoms. The molecule has 6 nitrogen and oxygen atoms in total. The monoisotopic (exact) mass is 473 g/mol. The third-order valence-electron chi connectivity index (χ3n) is 4.84. The second kappa shape index (κ2) is 10.7. The molecule has 1 heterocycles. The standard InChI is InChI=1S/C26H20FN3O3S/c27-20-11-13-21(14-12-20)30-25(33)22(15-18-7-3-1-4-8-18)28-26(30)34-17-24(32)29-23(31)16-19-9-5-2-6-10-19/h1-15H,16-17H2,(H,29,31,32)/b22-15+. The summed E-state index contributed by atoms with van der Waals surface area (Å²) in [7, 11) is 0. The van der Waals surface area contributed by atoms with Crippen LogP contribution in [-0.4, -0.2) is 28.6 Å². The maximum absolute atomic E-state index is 13.4. The number of nitrogens with one attached hydrogen (secondary N) is 1. The number of imide groups is 1. The van der Waals surface area contributed by atoms with Gasteiger partial charge in [0.05, 0.1) is 17.9 Å². The molecule has 3 aromatic carbocycles. The number of amidine groups is 1. The first-order valence-electron chi connectivity index (χ1n) is 10.4. The van der Waals surface area contributed by atoms with E-state index in [0.29, 0.717) is 5.69 Å². The molecular weight excluding hydrogens is 453 g/mol. The van der Waals surface area contributed by atoms with Gasteiger partial charge in [0, 0.05) is 0 Å². The van der Waals surface area contributed by atoms with Crippen LogP contribution in [0.2, 0.25) is 0 Å².